The van der Waals surface area contributed by atoms with E-state index >= 15 is 0 Å². The number of aromatic nitrogens is 4. The zero-order chi connectivity index (χ0) is 23.1. The minimum absolute atomic E-state index is 0.0484. The predicted molar refractivity (Wildman–Crippen MR) is 126 cm³/mol. The summed E-state index contributed by atoms with van der Waals surface area (Å²) in [4.78, 5) is 25.0. The number of hydrogen-bond acceptors (Lipinski definition) is 6. The van der Waals surface area contributed by atoms with Crippen molar-refractivity contribution < 1.29 is 9.18 Å². The van der Waals surface area contributed by atoms with Crippen LogP contribution in [0.25, 0.3) is 28.0 Å². The van der Waals surface area contributed by atoms with E-state index in [1.54, 1.807) is 36.1 Å². The molecule has 33 heavy (non-hydrogen) atoms. The maximum Gasteiger partial charge on any atom is 0.228 e. The molecule has 0 unspecified atom stereocenters. The Morgan fingerprint density at radius 2 is 1.82 bits per heavy atom. The Hall–Kier alpha value is -3.72. The minimum atomic E-state index is -0.392. The highest BCUT2D eigenvalue weighted by atomic mass is 35.5. The first-order valence-electron chi connectivity index (χ1n) is 10.5. The summed E-state index contributed by atoms with van der Waals surface area (Å²) in [7, 11) is 0. The van der Waals surface area contributed by atoms with Crippen LogP contribution in [0.4, 0.5) is 16.2 Å². The van der Waals surface area contributed by atoms with Crippen LogP contribution in [0.2, 0.25) is 5.02 Å². The van der Waals surface area contributed by atoms with Crippen molar-refractivity contribution in [1.29, 1.82) is 0 Å². The zero-order valence-corrected chi connectivity index (χ0v) is 18.6. The quantitative estimate of drug-likeness (QED) is 0.497. The molecule has 1 aliphatic rings. The first-order chi connectivity index (χ1) is 15.9. The molecule has 168 valence electrons. The maximum atomic E-state index is 13.9. The number of hydrogen-bond donors (Lipinski definition) is 1. The van der Waals surface area contributed by atoms with Gasteiger partial charge in [0.15, 0.2) is 5.65 Å². The standard InChI is InChI=1S/C23H21ClFN7O/c1-14(33)30-8-10-31(11-9-30)23-27-20(15-4-2-5-16(24)12-15)19-21(26)32(29-22(19)28-23)18-7-3-6-17(25)13-18/h2-7,12-13H,8-11,26H2,1H3. The summed E-state index contributed by atoms with van der Waals surface area (Å²) in [5.41, 5.74) is 8.72. The maximum absolute atomic E-state index is 13.9. The Balaban J connectivity index is 1.67. The number of carbonyl (C=O) groups excluding carboxylic acids is 1. The van der Waals surface area contributed by atoms with Crippen molar-refractivity contribution in [2.24, 2.45) is 0 Å². The van der Waals surface area contributed by atoms with Gasteiger partial charge in [0, 0.05) is 43.7 Å². The van der Waals surface area contributed by atoms with Crippen molar-refractivity contribution in [3.05, 3.63) is 59.4 Å². The smallest absolute Gasteiger partial charge is 0.228 e. The summed E-state index contributed by atoms with van der Waals surface area (Å²) in [6.45, 7) is 3.93. The lowest BCUT2D eigenvalue weighted by molar-refractivity contribution is -0.129. The lowest BCUT2D eigenvalue weighted by Gasteiger charge is -2.34. The molecule has 0 aliphatic carbocycles. The molecular formula is C23H21ClFN7O. The highest BCUT2D eigenvalue weighted by Gasteiger charge is 2.25. The summed E-state index contributed by atoms with van der Waals surface area (Å²) in [6, 6.07) is 13.4. The molecule has 0 saturated carbocycles. The van der Waals surface area contributed by atoms with Crippen LogP contribution in [0.3, 0.4) is 0 Å². The van der Waals surface area contributed by atoms with E-state index in [0.29, 0.717) is 65.4 Å². The number of rotatable bonds is 3. The second-order valence-corrected chi connectivity index (χ2v) is 8.29. The largest absolute Gasteiger partial charge is 0.383 e. The van der Waals surface area contributed by atoms with Gasteiger partial charge in [-0.2, -0.15) is 4.98 Å². The Kier molecular flexibility index (Phi) is 5.33. The van der Waals surface area contributed by atoms with E-state index in [1.807, 2.05) is 17.0 Å². The Morgan fingerprint density at radius 3 is 2.52 bits per heavy atom. The monoisotopic (exact) mass is 465 g/mol. The van der Waals surface area contributed by atoms with Crippen LogP contribution in [-0.2, 0) is 4.79 Å². The summed E-state index contributed by atoms with van der Waals surface area (Å²) in [6.07, 6.45) is 0. The Bertz CT molecular complexity index is 1360. The topological polar surface area (TPSA) is 93.2 Å². The molecule has 4 aromatic rings. The second-order valence-electron chi connectivity index (χ2n) is 7.85. The van der Waals surface area contributed by atoms with Crippen molar-refractivity contribution in [3.63, 3.8) is 0 Å². The van der Waals surface area contributed by atoms with Gasteiger partial charge in [0.25, 0.3) is 0 Å². The third-order valence-electron chi connectivity index (χ3n) is 5.72. The number of benzene rings is 2. The van der Waals surface area contributed by atoms with Crippen molar-refractivity contribution in [2.45, 2.75) is 6.92 Å². The third-order valence-corrected chi connectivity index (χ3v) is 5.95. The van der Waals surface area contributed by atoms with Gasteiger partial charge in [0.1, 0.15) is 11.6 Å². The molecule has 0 bridgehead atoms. The van der Waals surface area contributed by atoms with Gasteiger partial charge in [-0.25, -0.2) is 14.1 Å². The van der Waals surface area contributed by atoms with Crippen LogP contribution in [0.15, 0.2) is 48.5 Å². The zero-order valence-electron chi connectivity index (χ0n) is 17.9. The van der Waals surface area contributed by atoms with Crippen molar-refractivity contribution in [1.82, 2.24) is 24.6 Å². The molecular weight excluding hydrogens is 445 g/mol. The number of nitrogen functional groups attached to an aromatic ring is 1. The minimum Gasteiger partial charge on any atom is -0.383 e. The number of nitrogens with two attached hydrogens (primary N) is 1. The molecule has 1 amide bonds. The summed E-state index contributed by atoms with van der Waals surface area (Å²) < 4.78 is 15.3. The highest BCUT2D eigenvalue weighted by molar-refractivity contribution is 6.30. The highest BCUT2D eigenvalue weighted by Crippen LogP contribution is 2.34. The lowest BCUT2D eigenvalue weighted by Crippen LogP contribution is -2.48. The number of carbonyl (C=O) groups is 1. The van der Waals surface area contributed by atoms with Crippen molar-refractivity contribution >= 4 is 40.3 Å². The molecule has 0 spiro atoms. The molecule has 0 atom stereocenters. The fourth-order valence-electron chi connectivity index (χ4n) is 4.01. The van der Waals surface area contributed by atoms with Gasteiger partial charge in [-0.3, -0.25) is 4.79 Å². The molecule has 1 aliphatic heterocycles. The first kappa shape index (κ1) is 21.1. The van der Waals surface area contributed by atoms with Crippen LogP contribution in [0, 0.1) is 5.82 Å². The molecule has 3 heterocycles. The lowest BCUT2D eigenvalue weighted by atomic mass is 10.1. The van der Waals surface area contributed by atoms with Crippen LogP contribution in [0.5, 0.6) is 0 Å². The summed E-state index contributed by atoms with van der Waals surface area (Å²) in [5.74, 6) is 0.451. The van der Waals surface area contributed by atoms with Gasteiger partial charge in [-0.15, -0.1) is 5.10 Å². The SMILES string of the molecule is CC(=O)N1CCN(c2nc(-c3cccc(Cl)c3)c3c(N)n(-c4cccc(F)c4)nc3n2)CC1. The van der Waals surface area contributed by atoms with Crippen LogP contribution in [0.1, 0.15) is 6.92 Å². The van der Waals surface area contributed by atoms with Gasteiger partial charge >= 0.3 is 0 Å². The van der Waals surface area contributed by atoms with E-state index < -0.39 is 5.82 Å². The Labute approximate surface area is 194 Å². The van der Waals surface area contributed by atoms with E-state index in [-0.39, 0.29) is 5.91 Å². The van der Waals surface area contributed by atoms with Gasteiger partial charge in [0.05, 0.1) is 16.8 Å². The number of nitrogens with zero attached hydrogens (tertiary/aromatic N) is 6. The van der Waals surface area contributed by atoms with Crippen molar-refractivity contribution in [3.8, 4) is 16.9 Å². The molecule has 2 N–H and O–H groups in total. The predicted octanol–water partition coefficient (Wildman–Crippen LogP) is 3.53. The fourth-order valence-corrected chi connectivity index (χ4v) is 4.20. The van der Waals surface area contributed by atoms with E-state index in [2.05, 4.69) is 10.1 Å². The molecule has 2 aromatic heterocycles. The molecule has 1 fully saturated rings. The fraction of sp³-hybridized carbons (Fsp3) is 0.217. The molecule has 8 nitrogen and oxygen atoms in total. The van der Waals surface area contributed by atoms with Gasteiger partial charge < -0.3 is 15.5 Å². The van der Waals surface area contributed by atoms with Gasteiger partial charge in [-0.05, 0) is 30.3 Å². The molecule has 1 saturated heterocycles. The third kappa shape index (κ3) is 3.95. The van der Waals surface area contributed by atoms with Crippen LogP contribution >= 0.6 is 11.6 Å². The molecule has 10 heteroatoms. The molecule has 5 rings (SSSR count). The van der Waals surface area contributed by atoms with E-state index in [9.17, 15) is 9.18 Å². The molecule has 2 aromatic carbocycles. The van der Waals surface area contributed by atoms with E-state index in [0.717, 1.165) is 5.56 Å². The van der Waals surface area contributed by atoms with Gasteiger partial charge in [0.2, 0.25) is 11.9 Å². The average Bonchev–Trinajstić information content (AvgIpc) is 3.15. The number of anilines is 2. The number of fused-ring (bicyclic) bond motifs is 1. The van der Waals surface area contributed by atoms with Crippen molar-refractivity contribution in [2.75, 3.05) is 36.8 Å². The Morgan fingerprint density at radius 1 is 1.06 bits per heavy atom. The van der Waals surface area contributed by atoms with Crippen LogP contribution in [-0.4, -0.2) is 56.7 Å². The number of halogens is 2. The summed E-state index contributed by atoms with van der Waals surface area (Å²) in [5, 5.41) is 5.71. The summed E-state index contributed by atoms with van der Waals surface area (Å²) >= 11 is 6.25. The number of piperazine rings is 1. The number of amides is 1. The van der Waals surface area contributed by atoms with Crippen LogP contribution < -0.4 is 10.6 Å². The van der Waals surface area contributed by atoms with Gasteiger partial charge in [-0.1, -0.05) is 29.8 Å². The van der Waals surface area contributed by atoms with E-state index in [1.165, 1.54) is 16.8 Å². The molecule has 0 radical (unpaired) electrons. The van der Waals surface area contributed by atoms with E-state index in [4.69, 9.17) is 22.3 Å². The second kappa shape index (κ2) is 8.32. The first-order valence-corrected chi connectivity index (χ1v) is 10.9. The average molecular weight is 466 g/mol. The normalized spacial score (nSPS) is 14.2.